The third kappa shape index (κ3) is 11.3. The predicted molar refractivity (Wildman–Crippen MR) is 115 cm³/mol. The van der Waals surface area contributed by atoms with E-state index in [0.29, 0.717) is 26.2 Å². The summed E-state index contributed by atoms with van der Waals surface area (Å²) in [6.45, 7) is 1.19. The number of carbonyl (C=O) groups is 2. The monoisotopic (exact) mass is 447 g/mol. The molecule has 2 aromatic rings. The molecule has 0 aliphatic rings. The van der Waals surface area contributed by atoms with Crippen LogP contribution in [0.15, 0.2) is 42.6 Å². The second kappa shape index (κ2) is 18.4. The zero-order chi connectivity index (χ0) is 16.4. The maximum atomic E-state index is 11.0. The van der Waals surface area contributed by atoms with E-state index < -0.39 is 11.8 Å². The molecule has 1 aromatic carbocycles. The maximum Gasteiger partial charge on any atom is 0.311 e. The second-order valence-corrected chi connectivity index (χ2v) is 4.43. The molecule has 0 atom stereocenters. The highest BCUT2D eigenvalue weighted by Crippen LogP contribution is 2.07. The molecule has 150 valence electrons. The lowest BCUT2D eigenvalue weighted by Crippen LogP contribution is -2.44. The van der Waals surface area contributed by atoms with Gasteiger partial charge >= 0.3 is 11.8 Å². The summed E-state index contributed by atoms with van der Waals surface area (Å²) in [4.78, 5) is 26.8. The average molecular weight is 449 g/mol. The summed E-state index contributed by atoms with van der Waals surface area (Å²) in [6.07, 6.45) is 1.81. The van der Waals surface area contributed by atoms with Gasteiger partial charge in [0.05, 0.1) is 5.52 Å². The van der Waals surface area contributed by atoms with Crippen LogP contribution in [0, 0.1) is 0 Å². The topological polar surface area (TPSA) is 128 Å². The first-order valence-electron chi connectivity index (χ1n) is 6.88. The number of rotatable bonds is 4. The largest absolute Gasteiger partial charge is 0.361 e. The average Bonchev–Trinajstić information content (AvgIpc) is 2.54. The van der Waals surface area contributed by atoms with Crippen LogP contribution in [0.3, 0.4) is 0 Å². The molecule has 0 aliphatic heterocycles. The van der Waals surface area contributed by atoms with Gasteiger partial charge < -0.3 is 22.1 Å². The molecule has 0 fully saturated rings. The van der Waals surface area contributed by atoms with Crippen molar-refractivity contribution >= 4 is 72.3 Å². The van der Waals surface area contributed by atoms with Crippen molar-refractivity contribution in [3.8, 4) is 0 Å². The first-order valence-corrected chi connectivity index (χ1v) is 6.88. The Kier molecular flexibility index (Phi) is 22.9. The van der Waals surface area contributed by atoms with Crippen molar-refractivity contribution < 1.29 is 9.59 Å². The zero-order valence-electron chi connectivity index (χ0n) is 13.9. The van der Waals surface area contributed by atoms with Crippen LogP contribution in [0.25, 0.3) is 10.9 Å². The van der Waals surface area contributed by atoms with E-state index in [0.717, 1.165) is 5.52 Å². The first kappa shape index (κ1) is 32.3. The van der Waals surface area contributed by atoms with Crippen LogP contribution in [-0.4, -0.2) is 47.9 Å². The van der Waals surface area contributed by atoms with E-state index in [4.69, 9.17) is 17.2 Å². The summed E-state index contributed by atoms with van der Waals surface area (Å²) >= 11 is 0. The first-order chi connectivity index (χ1) is 10.6. The summed E-state index contributed by atoms with van der Waals surface area (Å²) < 4.78 is 0. The van der Waals surface area contributed by atoms with E-state index in [-0.39, 0.29) is 49.6 Å². The maximum absolute atomic E-state index is 11.0. The van der Waals surface area contributed by atoms with E-state index in [1.165, 1.54) is 10.3 Å². The molecule has 0 saturated carbocycles. The summed E-state index contributed by atoms with van der Waals surface area (Å²) in [6, 6.07) is 12.1. The Morgan fingerprint density at radius 3 is 1.85 bits per heavy atom. The summed E-state index contributed by atoms with van der Waals surface area (Å²) in [7, 11) is 0. The number of amides is 2. The van der Waals surface area contributed by atoms with Crippen molar-refractivity contribution in [2.24, 2.45) is 17.2 Å². The Balaban J connectivity index is -0.000000162. The zero-order valence-corrected chi connectivity index (χ0v) is 17.2. The number of nitrogens with zero attached hydrogens (tertiary/aromatic N) is 2. The minimum atomic E-state index is -0.975. The molecule has 0 aliphatic carbocycles. The highest BCUT2D eigenvalue weighted by molar-refractivity contribution is 6.34. The van der Waals surface area contributed by atoms with Crippen LogP contribution in [-0.2, 0) is 9.59 Å². The number of para-hydroxylation sites is 1. The number of nitrogens with two attached hydrogens (primary N) is 3. The fourth-order valence-electron chi connectivity index (χ4n) is 1.80. The number of benzene rings is 1. The molecule has 1 heterocycles. The molecule has 6 N–H and O–H groups in total. The van der Waals surface area contributed by atoms with E-state index in [1.807, 2.05) is 30.5 Å². The fourth-order valence-corrected chi connectivity index (χ4v) is 1.80. The van der Waals surface area contributed by atoms with Gasteiger partial charge in [0.25, 0.3) is 0 Å². The van der Waals surface area contributed by atoms with Gasteiger partial charge in [-0.2, -0.15) is 0 Å². The molecule has 1 aromatic heterocycles. The van der Waals surface area contributed by atoms with Gasteiger partial charge in [-0.1, -0.05) is 24.3 Å². The minimum absolute atomic E-state index is 0. The number of aromatic nitrogens is 1. The van der Waals surface area contributed by atoms with Gasteiger partial charge in [-0.3, -0.25) is 14.6 Å². The van der Waals surface area contributed by atoms with Gasteiger partial charge in [0, 0.05) is 37.8 Å². The molecule has 7 nitrogen and oxygen atoms in total. The molecular weight excluding hydrogens is 424 g/mol. The highest BCUT2D eigenvalue weighted by atomic mass is 35.5. The van der Waals surface area contributed by atoms with Crippen molar-refractivity contribution in [3.05, 3.63) is 42.6 Å². The summed E-state index contributed by atoms with van der Waals surface area (Å²) in [5, 5.41) is 1.20. The number of primary amides is 1. The fraction of sp³-hybridized carbons (Fsp3) is 0.267. The van der Waals surface area contributed by atoms with Crippen LogP contribution in [0.5, 0.6) is 0 Å². The van der Waals surface area contributed by atoms with Crippen molar-refractivity contribution in [2.45, 2.75) is 0 Å². The smallest absolute Gasteiger partial charge is 0.311 e. The Labute approximate surface area is 177 Å². The summed E-state index contributed by atoms with van der Waals surface area (Å²) in [5.74, 6) is -1.71. The van der Waals surface area contributed by atoms with Gasteiger partial charge in [-0.05, 0) is 12.1 Å². The van der Waals surface area contributed by atoms with Gasteiger partial charge in [0.15, 0.2) is 0 Å². The molecular formula is C15H25Cl4N5O2. The van der Waals surface area contributed by atoms with Crippen LogP contribution in [0.2, 0.25) is 0 Å². The molecule has 26 heavy (non-hydrogen) atoms. The highest BCUT2D eigenvalue weighted by Gasteiger charge is 2.16. The van der Waals surface area contributed by atoms with Gasteiger partial charge in [0.1, 0.15) is 0 Å². The van der Waals surface area contributed by atoms with E-state index >= 15 is 0 Å². The number of fused-ring (bicyclic) bond motifs is 1. The van der Waals surface area contributed by atoms with Gasteiger partial charge in [-0.25, -0.2) is 0 Å². The number of pyridine rings is 1. The van der Waals surface area contributed by atoms with E-state index in [2.05, 4.69) is 17.1 Å². The molecule has 2 rings (SSSR count). The quantitative estimate of drug-likeness (QED) is 0.604. The van der Waals surface area contributed by atoms with Crippen molar-refractivity contribution in [1.82, 2.24) is 9.88 Å². The Morgan fingerprint density at radius 2 is 1.38 bits per heavy atom. The number of hydrogen-bond acceptors (Lipinski definition) is 5. The minimum Gasteiger partial charge on any atom is -0.361 e. The molecule has 11 heteroatoms. The van der Waals surface area contributed by atoms with Crippen LogP contribution in [0.4, 0.5) is 0 Å². The van der Waals surface area contributed by atoms with Crippen molar-refractivity contribution in [2.75, 3.05) is 26.2 Å². The van der Waals surface area contributed by atoms with Crippen molar-refractivity contribution in [1.29, 1.82) is 0 Å². The third-order valence-corrected chi connectivity index (χ3v) is 2.81. The van der Waals surface area contributed by atoms with E-state index in [1.54, 1.807) is 0 Å². The Hall–Kier alpha value is -1.35. The molecule has 0 radical (unpaired) electrons. The molecule has 0 unspecified atom stereocenters. The van der Waals surface area contributed by atoms with E-state index in [9.17, 15) is 9.59 Å². The third-order valence-electron chi connectivity index (χ3n) is 2.81. The molecule has 0 spiro atoms. The number of halogens is 4. The molecule has 2 amide bonds. The lowest BCUT2D eigenvalue weighted by molar-refractivity contribution is -0.144. The summed E-state index contributed by atoms with van der Waals surface area (Å²) in [5.41, 5.74) is 16.3. The number of carbonyl (C=O) groups excluding carboxylic acids is 2. The van der Waals surface area contributed by atoms with Gasteiger partial charge in [0.2, 0.25) is 0 Å². The second-order valence-electron chi connectivity index (χ2n) is 4.43. The Morgan fingerprint density at radius 1 is 0.885 bits per heavy atom. The lowest BCUT2D eigenvalue weighted by Gasteiger charge is -2.18. The van der Waals surface area contributed by atoms with Crippen LogP contribution in [0.1, 0.15) is 0 Å². The van der Waals surface area contributed by atoms with Crippen LogP contribution < -0.4 is 17.2 Å². The SMILES string of the molecule is Cl.Cl.Cl.Cl.NCCN(CCN)C(=O)C(N)=O.c1ccc2ncccc2c1. The Bertz CT molecular complexity index is 562. The standard InChI is InChI=1S/C9H7N.C6H14N4O2.4ClH/c1-2-6-9-8(4-1)5-3-7-10-9;7-1-3-10(4-2-8)6(12)5(9)11;;;;/h1-7H;1-4,7-8H2,(H2,9,11);4*1H. The lowest BCUT2D eigenvalue weighted by atomic mass is 10.2. The van der Waals surface area contributed by atoms with Crippen molar-refractivity contribution in [3.63, 3.8) is 0 Å². The predicted octanol–water partition coefficient (Wildman–Crippen LogP) is 1.14. The molecule has 0 bridgehead atoms. The van der Waals surface area contributed by atoms with Crippen LogP contribution >= 0.6 is 49.6 Å². The number of hydrogen-bond donors (Lipinski definition) is 3. The molecule has 0 saturated heterocycles. The normalized spacial score (nSPS) is 8.23. The van der Waals surface area contributed by atoms with Gasteiger partial charge in [-0.15, -0.1) is 49.6 Å².